The van der Waals surface area contributed by atoms with Crippen molar-refractivity contribution in [2.45, 2.75) is 77.8 Å². The highest BCUT2D eigenvalue weighted by molar-refractivity contribution is 14.1. The van der Waals surface area contributed by atoms with Crippen LogP contribution in [0.5, 0.6) is 0 Å². The molecule has 1 saturated carbocycles. The molecule has 2 atom stereocenters. The molecular weight excluding hydrogens is 457 g/mol. The summed E-state index contributed by atoms with van der Waals surface area (Å²) in [6, 6.07) is 0.932. The third-order valence-electron chi connectivity index (χ3n) is 6.61. The van der Waals surface area contributed by atoms with Gasteiger partial charge in [0.15, 0.2) is 0 Å². The van der Waals surface area contributed by atoms with E-state index in [0.717, 1.165) is 17.8 Å². The number of allylic oxidation sites excluding steroid dienone is 4. The van der Waals surface area contributed by atoms with Crippen molar-refractivity contribution in [2.75, 3.05) is 13.6 Å². The quantitative estimate of drug-likeness (QED) is 0.403. The molecule has 0 bridgehead atoms. The average Bonchev–Trinajstić information content (AvgIpc) is 2.71. The van der Waals surface area contributed by atoms with Crippen molar-refractivity contribution in [3.05, 3.63) is 33.1 Å². The van der Waals surface area contributed by atoms with Crippen molar-refractivity contribution in [1.82, 2.24) is 10.2 Å². The normalized spacial score (nSPS) is 28.8. The lowest BCUT2D eigenvalue weighted by molar-refractivity contribution is 0.141. The minimum Gasteiger partial charge on any atom is -0.350 e. The molecule has 28 heavy (non-hydrogen) atoms. The molecule has 2 fully saturated rings. The monoisotopic (exact) mass is 491 g/mol. The fourth-order valence-electron chi connectivity index (χ4n) is 4.59. The summed E-state index contributed by atoms with van der Waals surface area (Å²) in [4.78, 5) is 7.14. The van der Waals surface area contributed by atoms with Gasteiger partial charge in [0.2, 0.25) is 0 Å². The molecule has 152 valence electrons. The first-order chi connectivity index (χ1) is 13.5. The summed E-state index contributed by atoms with van der Waals surface area (Å²) in [7, 11) is 1.90. The highest BCUT2D eigenvalue weighted by Crippen LogP contribution is 2.51. The van der Waals surface area contributed by atoms with E-state index < -0.39 is 0 Å². The number of hydrogen-bond donors (Lipinski definition) is 1. The van der Waals surface area contributed by atoms with Gasteiger partial charge in [0.1, 0.15) is 5.84 Å². The lowest BCUT2D eigenvalue weighted by Gasteiger charge is -2.42. The number of nitrogens with zero attached hydrogens (tertiary/aromatic N) is 2. The molecule has 0 aromatic rings. The molecule has 1 spiro atoms. The number of piperidine rings is 1. The summed E-state index contributed by atoms with van der Waals surface area (Å²) in [5, 5.41) is 3.48. The number of likely N-dealkylation sites (tertiary alicyclic amines) is 1. The molecule has 1 N–H and O–H groups in total. The van der Waals surface area contributed by atoms with E-state index in [1.54, 1.807) is 0 Å². The Morgan fingerprint density at radius 3 is 2.75 bits per heavy atom. The van der Waals surface area contributed by atoms with Gasteiger partial charge in [0, 0.05) is 28.4 Å². The third kappa shape index (κ3) is 4.41. The number of halogens is 1. The average molecular weight is 491 g/mol. The van der Waals surface area contributed by atoms with Crippen molar-refractivity contribution < 1.29 is 0 Å². The number of amidine groups is 1. The van der Waals surface area contributed by atoms with E-state index in [1.165, 1.54) is 54.2 Å². The van der Waals surface area contributed by atoms with Crippen LogP contribution in [0.4, 0.5) is 0 Å². The molecule has 0 radical (unpaired) electrons. The molecule has 1 unspecified atom stereocenters. The minimum absolute atomic E-state index is 0.0828. The minimum atomic E-state index is 0.0828. The van der Waals surface area contributed by atoms with Crippen molar-refractivity contribution >= 4 is 28.4 Å². The van der Waals surface area contributed by atoms with Gasteiger partial charge in [-0.15, -0.1) is 0 Å². The summed E-state index contributed by atoms with van der Waals surface area (Å²) in [5.74, 6) is 8.17. The maximum Gasteiger partial charge on any atom is 0.111 e. The molecule has 1 saturated heterocycles. The summed E-state index contributed by atoms with van der Waals surface area (Å²) in [6.07, 6.45) is 15.1. The fraction of sp³-hybridized carbons (Fsp3) is 0.625. The molecule has 0 amide bonds. The first-order valence-electron chi connectivity index (χ1n) is 10.8. The SMILES string of the molecule is CCC1=C(C#C[C@@H](C)N2CCCCC2C)/C=C/NC(=NC)C2(CCC2)C(I)=C1. The topological polar surface area (TPSA) is 27.6 Å². The zero-order valence-electron chi connectivity index (χ0n) is 17.8. The molecule has 3 aliphatic rings. The zero-order chi connectivity index (χ0) is 20.1. The van der Waals surface area contributed by atoms with Crippen LogP contribution in [0, 0.1) is 17.3 Å². The standard InChI is InChI=1S/C24H34IN3/c1-5-20-17-22(25)24(13-8-14-24)23(26-4)27-15-12-21(20)11-10-19(3)28-16-7-6-9-18(28)2/h12,15,17-19H,5-9,13-14,16H2,1-4H3,(H,26,27)/b15-12+,21-20?,22-17?/t18?,19-/m1/s1. The largest absolute Gasteiger partial charge is 0.350 e. The van der Waals surface area contributed by atoms with E-state index in [9.17, 15) is 0 Å². The number of aliphatic imine (C=N–C) groups is 1. The van der Waals surface area contributed by atoms with Gasteiger partial charge in [-0.1, -0.05) is 31.6 Å². The highest BCUT2D eigenvalue weighted by atomic mass is 127. The molecule has 4 heteroatoms. The Morgan fingerprint density at radius 2 is 2.14 bits per heavy atom. The predicted octanol–water partition coefficient (Wildman–Crippen LogP) is 5.59. The molecular formula is C24H34IN3. The molecule has 3 nitrogen and oxygen atoms in total. The van der Waals surface area contributed by atoms with Crippen molar-refractivity contribution in [3.8, 4) is 11.8 Å². The lowest BCUT2D eigenvalue weighted by Crippen LogP contribution is -2.44. The Hall–Kier alpha value is -1.06. The fourth-order valence-corrected chi connectivity index (χ4v) is 5.76. The van der Waals surface area contributed by atoms with E-state index >= 15 is 0 Å². The van der Waals surface area contributed by atoms with Gasteiger partial charge in [-0.25, -0.2) is 0 Å². The van der Waals surface area contributed by atoms with Gasteiger partial charge in [-0.3, -0.25) is 9.89 Å². The van der Waals surface area contributed by atoms with Crippen molar-refractivity contribution in [1.29, 1.82) is 0 Å². The Bertz CT molecular complexity index is 758. The van der Waals surface area contributed by atoms with Gasteiger partial charge >= 0.3 is 0 Å². The van der Waals surface area contributed by atoms with Crippen LogP contribution in [-0.4, -0.2) is 36.4 Å². The van der Waals surface area contributed by atoms with E-state index in [4.69, 9.17) is 0 Å². The molecule has 0 aromatic heterocycles. The second-order valence-corrected chi connectivity index (χ2v) is 9.46. The lowest BCUT2D eigenvalue weighted by atomic mass is 9.67. The van der Waals surface area contributed by atoms with Gasteiger partial charge < -0.3 is 5.32 Å². The van der Waals surface area contributed by atoms with Crippen molar-refractivity contribution in [3.63, 3.8) is 0 Å². The van der Waals surface area contributed by atoms with Crippen LogP contribution in [-0.2, 0) is 0 Å². The van der Waals surface area contributed by atoms with E-state index in [0.29, 0.717) is 12.1 Å². The highest BCUT2D eigenvalue weighted by Gasteiger charge is 2.44. The van der Waals surface area contributed by atoms with E-state index in [1.807, 2.05) is 13.2 Å². The Morgan fingerprint density at radius 1 is 1.36 bits per heavy atom. The van der Waals surface area contributed by atoms with Crippen LogP contribution in [0.25, 0.3) is 0 Å². The predicted molar refractivity (Wildman–Crippen MR) is 129 cm³/mol. The van der Waals surface area contributed by atoms with Gasteiger partial charge in [-0.2, -0.15) is 0 Å². The van der Waals surface area contributed by atoms with E-state index in [2.05, 4.69) is 82.6 Å². The number of hydrogen-bond acceptors (Lipinski definition) is 2. The zero-order valence-corrected chi connectivity index (χ0v) is 20.0. The number of rotatable bonds is 2. The van der Waals surface area contributed by atoms with Crippen LogP contribution >= 0.6 is 22.6 Å². The summed E-state index contributed by atoms with van der Waals surface area (Å²) in [6.45, 7) is 8.00. The summed E-state index contributed by atoms with van der Waals surface area (Å²) in [5.41, 5.74) is 2.55. The maximum absolute atomic E-state index is 4.58. The third-order valence-corrected chi connectivity index (χ3v) is 7.95. The molecule has 2 heterocycles. The van der Waals surface area contributed by atoms with Crippen LogP contribution in [0.3, 0.4) is 0 Å². The van der Waals surface area contributed by atoms with Gasteiger partial charge in [0.05, 0.1) is 11.5 Å². The Balaban J connectivity index is 1.92. The Labute approximate surface area is 185 Å². The number of nitrogens with one attached hydrogen (secondary N) is 1. The van der Waals surface area contributed by atoms with Crippen molar-refractivity contribution in [2.24, 2.45) is 10.4 Å². The van der Waals surface area contributed by atoms with Crippen LogP contribution in [0.15, 0.2) is 38.1 Å². The molecule has 2 aliphatic heterocycles. The van der Waals surface area contributed by atoms with E-state index in [-0.39, 0.29) is 5.41 Å². The molecule has 1 aliphatic carbocycles. The van der Waals surface area contributed by atoms with Gasteiger partial charge in [-0.05, 0) is 92.8 Å². The first-order valence-corrected chi connectivity index (χ1v) is 11.9. The maximum atomic E-state index is 4.58. The van der Waals surface area contributed by atoms with Crippen LogP contribution in [0.2, 0.25) is 0 Å². The Kier molecular flexibility index (Phi) is 7.44. The smallest absolute Gasteiger partial charge is 0.111 e. The van der Waals surface area contributed by atoms with Crippen LogP contribution < -0.4 is 5.32 Å². The first kappa shape index (κ1) is 21.6. The second-order valence-electron chi connectivity index (χ2n) is 8.30. The van der Waals surface area contributed by atoms with Crippen LogP contribution in [0.1, 0.15) is 65.7 Å². The summed E-state index contributed by atoms with van der Waals surface area (Å²) < 4.78 is 1.39. The van der Waals surface area contributed by atoms with Gasteiger partial charge in [0.25, 0.3) is 0 Å². The molecule has 0 aromatic carbocycles. The second kappa shape index (κ2) is 9.63. The molecule has 3 rings (SSSR count). The summed E-state index contributed by atoms with van der Waals surface area (Å²) >= 11 is 2.53.